The van der Waals surface area contributed by atoms with E-state index >= 15 is 0 Å². The van der Waals surface area contributed by atoms with Crippen LogP contribution in [0.5, 0.6) is 0 Å². The average Bonchev–Trinajstić information content (AvgIpc) is 2.13. The van der Waals surface area contributed by atoms with Crippen LogP contribution in [0.3, 0.4) is 0 Å². The van der Waals surface area contributed by atoms with Gasteiger partial charge in [0.2, 0.25) is 0 Å². The summed E-state index contributed by atoms with van der Waals surface area (Å²) in [6.07, 6.45) is 9.67. The highest BCUT2D eigenvalue weighted by Gasteiger charge is 2.16. The maximum absolute atomic E-state index is 3.22. The predicted octanol–water partition coefficient (Wildman–Crippen LogP) is 3.98. The van der Waals surface area contributed by atoms with Crippen molar-refractivity contribution >= 4 is 0 Å². The van der Waals surface area contributed by atoms with Gasteiger partial charge < -0.3 is 5.32 Å². The highest BCUT2D eigenvalue weighted by molar-refractivity contribution is 4.68. The van der Waals surface area contributed by atoms with Gasteiger partial charge >= 0.3 is 0 Å². The minimum absolute atomic E-state index is 0.560. The third kappa shape index (κ3) is 8.55. The van der Waals surface area contributed by atoms with Crippen LogP contribution in [0.2, 0.25) is 0 Å². The second-order valence-electron chi connectivity index (χ2n) is 5.18. The Balaban J connectivity index is 3.40. The van der Waals surface area contributed by atoms with Crippen LogP contribution in [0.15, 0.2) is 0 Å². The fraction of sp³-hybridized carbons (Fsp3) is 1.00. The van der Waals surface area contributed by atoms with Crippen molar-refractivity contribution in [3.8, 4) is 0 Å². The first-order valence-electron chi connectivity index (χ1n) is 6.27. The summed E-state index contributed by atoms with van der Waals surface area (Å²) in [4.78, 5) is 0. The molecular weight excluding hydrogens is 170 g/mol. The molecule has 0 aromatic rings. The molecule has 0 atom stereocenters. The lowest BCUT2D eigenvalue weighted by Gasteiger charge is -2.24. The first kappa shape index (κ1) is 14.0. The van der Waals surface area contributed by atoms with Gasteiger partial charge in [0.25, 0.3) is 0 Å². The molecule has 0 bridgehead atoms. The summed E-state index contributed by atoms with van der Waals surface area (Å²) in [5.41, 5.74) is 0.560. The lowest BCUT2D eigenvalue weighted by molar-refractivity contribution is 0.286. The Bertz CT molecular complexity index is 118. The molecule has 86 valence electrons. The molecule has 0 aromatic carbocycles. The molecule has 0 saturated carbocycles. The van der Waals surface area contributed by atoms with E-state index in [1.165, 1.54) is 51.5 Å². The van der Waals surface area contributed by atoms with E-state index in [0.717, 1.165) is 0 Å². The van der Waals surface area contributed by atoms with Gasteiger partial charge in [0.05, 0.1) is 0 Å². The van der Waals surface area contributed by atoms with Gasteiger partial charge in [0.1, 0.15) is 0 Å². The third-order valence-corrected chi connectivity index (χ3v) is 2.99. The van der Waals surface area contributed by atoms with Crippen LogP contribution < -0.4 is 5.32 Å². The molecule has 0 fully saturated rings. The van der Waals surface area contributed by atoms with E-state index in [0.29, 0.717) is 5.41 Å². The van der Waals surface area contributed by atoms with Crippen LogP contribution in [0.1, 0.15) is 65.7 Å². The Labute approximate surface area is 90.7 Å². The molecule has 0 unspecified atom stereocenters. The minimum atomic E-state index is 0.560. The molecule has 0 aliphatic rings. The normalized spacial score (nSPS) is 12.0. The molecule has 0 aliphatic carbocycles. The lowest BCUT2D eigenvalue weighted by Crippen LogP contribution is -2.15. The van der Waals surface area contributed by atoms with Gasteiger partial charge in [0, 0.05) is 0 Å². The lowest BCUT2D eigenvalue weighted by atomic mass is 9.82. The molecule has 1 N–H and O–H groups in total. The Morgan fingerprint density at radius 2 is 1.57 bits per heavy atom. The van der Waals surface area contributed by atoms with Gasteiger partial charge in [0.15, 0.2) is 0 Å². The number of hydrogen-bond acceptors (Lipinski definition) is 1. The molecule has 0 saturated heterocycles. The molecule has 14 heavy (non-hydrogen) atoms. The van der Waals surface area contributed by atoms with Crippen LogP contribution >= 0.6 is 0 Å². The molecule has 0 spiro atoms. The highest BCUT2D eigenvalue weighted by Crippen LogP contribution is 2.28. The van der Waals surface area contributed by atoms with Crippen LogP contribution in [0.4, 0.5) is 0 Å². The zero-order chi connectivity index (χ0) is 10.9. The average molecular weight is 199 g/mol. The number of rotatable bonds is 9. The van der Waals surface area contributed by atoms with Crippen molar-refractivity contribution in [3.05, 3.63) is 0 Å². The van der Waals surface area contributed by atoms with Crippen molar-refractivity contribution < 1.29 is 0 Å². The predicted molar refractivity (Wildman–Crippen MR) is 65.7 cm³/mol. The summed E-state index contributed by atoms with van der Waals surface area (Å²) in [5.74, 6) is 0. The van der Waals surface area contributed by atoms with Gasteiger partial charge in [-0.15, -0.1) is 0 Å². The van der Waals surface area contributed by atoms with Crippen LogP contribution in [0.25, 0.3) is 0 Å². The Morgan fingerprint density at radius 1 is 0.929 bits per heavy atom. The van der Waals surface area contributed by atoms with Crippen molar-refractivity contribution in [3.63, 3.8) is 0 Å². The summed E-state index contributed by atoms with van der Waals surface area (Å²) in [5, 5.41) is 3.22. The molecule has 0 heterocycles. The van der Waals surface area contributed by atoms with Gasteiger partial charge in [-0.25, -0.2) is 0 Å². The largest absolute Gasteiger partial charge is 0.320 e. The zero-order valence-corrected chi connectivity index (χ0v) is 10.7. The smallest absolute Gasteiger partial charge is 0.00517 e. The Morgan fingerprint density at radius 3 is 2.14 bits per heavy atom. The van der Waals surface area contributed by atoms with Gasteiger partial charge in [-0.2, -0.15) is 0 Å². The second kappa shape index (κ2) is 8.28. The fourth-order valence-electron chi connectivity index (χ4n) is 1.90. The summed E-state index contributed by atoms with van der Waals surface area (Å²) in [6, 6.07) is 0. The van der Waals surface area contributed by atoms with Gasteiger partial charge in [-0.05, 0) is 38.3 Å². The van der Waals surface area contributed by atoms with Crippen LogP contribution in [0, 0.1) is 5.41 Å². The summed E-state index contributed by atoms with van der Waals surface area (Å²) < 4.78 is 0. The Kier molecular flexibility index (Phi) is 8.26. The number of hydrogen-bond donors (Lipinski definition) is 1. The minimum Gasteiger partial charge on any atom is -0.320 e. The topological polar surface area (TPSA) is 12.0 Å². The van der Waals surface area contributed by atoms with Gasteiger partial charge in [-0.3, -0.25) is 0 Å². The monoisotopic (exact) mass is 199 g/mol. The van der Waals surface area contributed by atoms with E-state index in [1.807, 2.05) is 7.05 Å². The highest BCUT2D eigenvalue weighted by atomic mass is 14.8. The molecular formula is C13H29N. The zero-order valence-electron chi connectivity index (χ0n) is 10.7. The summed E-state index contributed by atoms with van der Waals surface area (Å²) in [6.45, 7) is 8.26. The van der Waals surface area contributed by atoms with Crippen molar-refractivity contribution in [2.75, 3.05) is 13.6 Å². The molecule has 0 aliphatic heterocycles. The van der Waals surface area contributed by atoms with Crippen molar-refractivity contribution in [1.82, 2.24) is 5.32 Å². The summed E-state index contributed by atoms with van der Waals surface area (Å²) >= 11 is 0. The quantitative estimate of drug-likeness (QED) is 0.554. The van der Waals surface area contributed by atoms with E-state index < -0.39 is 0 Å². The van der Waals surface area contributed by atoms with E-state index in [9.17, 15) is 0 Å². The van der Waals surface area contributed by atoms with Crippen molar-refractivity contribution in [2.24, 2.45) is 5.41 Å². The van der Waals surface area contributed by atoms with E-state index in [2.05, 4.69) is 26.1 Å². The molecule has 0 amide bonds. The van der Waals surface area contributed by atoms with Crippen molar-refractivity contribution in [2.45, 2.75) is 65.7 Å². The molecule has 0 radical (unpaired) electrons. The SMILES string of the molecule is CCCCCCC(C)(C)CCCNC. The van der Waals surface area contributed by atoms with Crippen molar-refractivity contribution in [1.29, 1.82) is 0 Å². The third-order valence-electron chi connectivity index (χ3n) is 2.99. The standard InChI is InChI=1S/C13H29N/c1-5-6-7-8-10-13(2,3)11-9-12-14-4/h14H,5-12H2,1-4H3. The molecule has 0 rings (SSSR count). The first-order valence-corrected chi connectivity index (χ1v) is 6.27. The van der Waals surface area contributed by atoms with Crippen LogP contribution in [-0.2, 0) is 0 Å². The van der Waals surface area contributed by atoms with Gasteiger partial charge in [-0.1, -0.05) is 46.5 Å². The molecule has 1 heteroatoms. The Hall–Kier alpha value is -0.0400. The maximum Gasteiger partial charge on any atom is -0.00517 e. The molecule has 1 nitrogen and oxygen atoms in total. The fourth-order valence-corrected chi connectivity index (χ4v) is 1.90. The molecule has 0 aromatic heterocycles. The van der Waals surface area contributed by atoms with Crippen LogP contribution in [-0.4, -0.2) is 13.6 Å². The first-order chi connectivity index (χ1) is 6.62. The van der Waals surface area contributed by atoms with E-state index in [-0.39, 0.29) is 0 Å². The van der Waals surface area contributed by atoms with E-state index in [1.54, 1.807) is 0 Å². The van der Waals surface area contributed by atoms with E-state index in [4.69, 9.17) is 0 Å². The number of nitrogens with one attached hydrogen (secondary N) is 1. The number of unbranched alkanes of at least 4 members (excludes halogenated alkanes) is 3. The maximum atomic E-state index is 3.22. The second-order valence-corrected chi connectivity index (χ2v) is 5.18. The summed E-state index contributed by atoms with van der Waals surface area (Å²) in [7, 11) is 2.04.